The standard InChI is InChI=1S/C15H19N3O5S/c1-16-14(19)7-12-6-13(24)8-17(12)15(20)23-9-10-2-4-11(5-3-10)18(21)22/h2-5,12-13,24H,6-9H2,1H3,(H,16,19)/t12-,13-/m0/s1. The number of carbonyl (C=O) groups excluding carboxylic acids is 2. The number of nitrogens with zero attached hydrogens (tertiary/aromatic N) is 2. The molecule has 1 saturated heterocycles. The number of likely N-dealkylation sites (tertiary alicyclic amines) is 1. The number of rotatable bonds is 5. The molecule has 1 aromatic carbocycles. The average Bonchev–Trinajstić information content (AvgIpc) is 2.93. The smallest absolute Gasteiger partial charge is 0.410 e. The molecule has 2 atom stereocenters. The summed E-state index contributed by atoms with van der Waals surface area (Å²) in [5.74, 6) is -0.143. The maximum atomic E-state index is 12.2. The Labute approximate surface area is 144 Å². The van der Waals surface area contributed by atoms with Gasteiger partial charge in [0.2, 0.25) is 5.91 Å². The van der Waals surface area contributed by atoms with Gasteiger partial charge in [0, 0.05) is 43.4 Å². The second kappa shape index (κ2) is 8.00. The summed E-state index contributed by atoms with van der Waals surface area (Å²) in [7, 11) is 1.55. The van der Waals surface area contributed by atoms with Crippen LogP contribution in [0.4, 0.5) is 10.5 Å². The van der Waals surface area contributed by atoms with Crippen LogP contribution in [-0.4, -0.2) is 46.7 Å². The topological polar surface area (TPSA) is 102 Å². The first-order valence-corrected chi connectivity index (χ1v) is 7.97. The number of ether oxygens (including phenoxy) is 1. The molecule has 0 spiro atoms. The molecule has 0 bridgehead atoms. The van der Waals surface area contributed by atoms with Gasteiger partial charge in [-0.3, -0.25) is 14.9 Å². The van der Waals surface area contributed by atoms with Crippen molar-refractivity contribution in [3.8, 4) is 0 Å². The van der Waals surface area contributed by atoms with E-state index >= 15 is 0 Å². The molecule has 0 saturated carbocycles. The van der Waals surface area contributed by atoms with Crippen molar-refractivity contribution in [1.29, 1.82) is 0 Å². The maximum Gasteiger partial charge on any atom is 0.410 e. The first-order valence-electron chi connectivity index (χ1n) is 7.46. The van der Waals surface area contributed by atoms with E-state index in [9.17, 15) is 19.7 Å². The Morgan fingerprint density at radius 1 is 1.42 bits per heavy atom. The number of nitro groups is 1. The van der Waals surface area contributed by atoms with Crippen molar-refractivity contribution in [2.75, 3.05) is 13.6 Å². The summed E-state index contributed by atoms with van der Waals surface area (Å²) in [6.07, 6.45) is 0.322. The molecule has 1 fully saturated rings. The number of carbonyl (C=O) groups is 2. The SMILES string of the molecule is CNC(=O)C[C@@H]1C[C@H](S)CN1C(=O)OCc1ccc([N+](=O)[O-])cc1. The first-order chi connectivity index (χ1) is 11.4. The van der Waals surface area contributed by atoms with Crippen LogP contribution in [0, 0.1) is 10.1 Å². The van der Waals surface area contributed by atoms with Crippen LogP contribution in [0.1, 0.15) is 18.4 Å². The molecular weight excluding hydrogens is 334 g/mol. The summed E-state index contributed by atoms with van der Waals surface area (Å²) in [6.45, 7) is 0.432. The van der Waals surface area contributed by atoms with E-state index in [0.29, 0.717) is 18.5 Å². The minimum absolute atomic E-state index is 0.00609. The van der Waals surface area contributed by atoms with Gasteiger partial charge in [-0.1, -0.05) is 0 Å². The van der Waals surface area contributed by atoms with Gasteiger partial charge in [0.25, 0.3) is 5.69 Å². The molecular formula is C15H19N3O5S. The fourth-order valence-corrected chi connectivity index (χ4v) is 2.99. The lowest BCUT2D eigenvalue weighted by Crippen LogP contribution is -2.39. The second-order valence-corrected chi connectivity index (χ2v) is 6.28. The number of amides is 2. The van der Waals surface area contributed by atoms with E-state index < -0.39 is 11.0 Å². The van der Waals surface area contributed by atoms with Crippen molar-refractivity contribution >= 4 is 30.3 Å². The molecule has 8 nitrogen and oxygen atoms in total. The van der Waals surface area contributed by atoms with E-state index in [1.54, 1.807) is 19.2 Å². The molecule has 1 aliphatic rings. The molecule has 0 aromatic heterocycles. The quantitative estimate of drug-likeness (QED) is 0.477. The van der Waals surface area contributed by atoms with E-state index in [1.165, 1.54) is 17.0 Å². The molecule has 1 aliphatic heterocycles. The van der Waals surface area contributed by atoms with Crippen LogP contribution < -0.4 is 5.32 Å². The number of hydrogen-bond donors (Lipinski definition) is 2. The summed E-state index contributed by atoms with van der Waals surface area (Å²) < 4.78 is 5.26. The number of hydrogen-bond acceptors (Lipinski definition) is 6. The van der Waals surface area contributed by atoms with Crippen molar-refractivity contribution in [3.63, 3.8) is 0 Å². The van der Waals surface area contributed by atoms with Gasteiger partial charge < -0.3 is 15.0 Å². The summed E-state index contributed by atoms with van der Waals surface area (Å²) in [6, 6.07) is 5.56. The van der Waals surface area contributed by atoms with Gasteiger partial charge in [-0.25, -0.2) is 4.79 Å². The minimum atomic E-state index is -0.515. The van der Waals surface area contributed by atoms with Gasteiger partial charge in [0.15, 0.2) is 0 Å². The Kier molecular flexibility index (Phi) is 6.02. The van der Waals surface area contributed by atoms with E-state index in [2.05, 4.69) is 17.9 Å². The zero-order valence-electron chi connectivity index (χ0n) is 13.2. The summed E-state index contributed by atoms with van der Waals surface area (Å²) >= 11 is 4.38. The van der Waals surface area contributed by atoms with E-state index in [1.807, 2.05) is 0 Å². The number of nitro benzene ring substituents is 1. The largest absolute Gasteiger partial charge is 0.445 e. The van der Waals surface area contributed by atoms with Crippen molar-refractivity contribution in [1.82, 2.24) is 10.2 Å². The third kappa shape index (κ3) is 4.60. The van der Waals surface area contributed by atoms with Gasteiger partial charge >= 0.3 is 6.09 Å². The zero-order valence-corrected chi connectivity index (χ0v) is 14.1. The molecule has 0 unspecified atom stereocenters. The van der Waals surface area contributed by atoms with Crippen LogP contribution in [0.15, 0.2) is 24.3 Å². The van der Waals surface area contributed by atoms with Gasteiger partial charge in [-0.2, -0.15) is 12.6 Å². The van der Waals surface area contributed by atoms with Crippen LogP contribution in [0.5, 0.6) is 0 Å². The second-order valence-electron chi connectivity index (χ2n) is 5.55. The number of benzene rings is 1. The van der Waals surface area contributed by atoms with E-state index in [4.69, 9.17) is 4.74 Å². The fourth-order valence-electron chi connectivity index (χ4n) is 2.57. The van der Waals surface area contributed by atoms with Gasteiger partial charge in [-0.05, 0) is 24.1 Å². The molecule has 130 valence electrons. The fraction of sp³-hybridized carbons (Fsp3) is 0.467. The zero-order chi connectivity index (χ0) is 17.7. The van der Waals surface area contributed by atoms with Crippen molar-refractivity contribution in [3.05, 3.63) is 39.9 Å². The molecule has 24 heavy (non-hydrogen) atoms. The maximum absolute atomic E-state index is 12.2. The summed E-state index contributed by atoms with van der Waals surface area (Å²) in [4.78, 5) is 35.4. The predicted molar refractivity (Wildman–Crippen MR) is 89.9 cm³/mol. The molecule has 1 N–H and O–H groups in total. The molecule has 0 aliphatic carbocycles. The highest BCUT2D eigenvalue weighted by molar-refractivity contribution is 7.81. The van der Waals surface area contributed by atoms with Crippen molar-refractivity contribution in [2.24, 2.45) is 0 Å². The Hall–Kier alpha value is -2.29. The molecule has 1 heterocycles. The van der Waals surface area contributed by atoms with Crippen LogP contribution in [-0.2, 0) is 16.1 Å². The third-order valence-electron chi connectivity index (χ3n) is 3.84. The predicted octanol–water partition coefficient (Wildman–Crippen LogP) is 1.74. The van der Waals surface area contributed by atoms with Crippen LogP contribution >= 0.6 is 12.6 Å². The number of non-ortho nitro benzene ring substituents is 1. The highest BCUT2D eigenvalue weighted by atomic mass is 32.1. The average molecular weight is 353 g/mol. The van der Waals surface area contributed by atoms with Gasteiger partial charge in [0.05, 0.1) is 4.92 Å². The molecule has 2 rings (SSSR count). The normalized spacial score (nSPS) is 19.8. The minimum Gasteiger partial charge on any atom is -0.445 e. The van der Waals surface area contributed by atoms with Crippen LogP contribution in [0.2, 0.25) is 0 Å². The van der Waals surface area contributed by atoms with Crippen LogP contribution in [0.25, 0.3) is 0 Å². The molecule has 2 amide bonds. The van der Waals surface area contributed by atoms with Gasteiger partial charge in [0.1, 0.15) is 6.61 Å². The third-order valence-corrected chi connectivity index (χ3v) is 4.21. The molecule has 0 radical (unpaired) electrons. The highest BCUT2D eigenvalue weighted by Crippen LogP contribution is 2.25. The van der Waals surface area contributed by atoms with Crippen molar-refractivity contribution in [2.45, 2.75) is 30.7 Å². The van der Waals surface area contributed by atoms with E-state index in [-0.39, 0.29) is 35.9 Å². The highest BCUT2D eigenvalue weighted by Gasteiger charge is 2.35. The number of thiol groups is 1. The lowest BCUT2D eigenvalue weighted by molar-refractivity contribution is -0.384. The van der Waals surface area contributed by atoms with Gasteiger partial charge in [-0.15, -0.1) is 0 Å². The van der Waals surface area contributed by atoms with Crippen molar-refractivity contribution < 1.29 is 19.2 Å². The lowest BCUT2D eigenvalue weighted by atomic mass is 10.1. The Morgan fingerprint density at radius 3 is 2.67 bits per heavy atom. The Bertz CT molecular complexity index is 622. The Balaban J connectivity index is 1.92. The monoisotopic (exact) mass is 353 g/mol. The van der Waals surface area contributed by atoms with E-state index in [0.717, 1.165) is 0 Å². The Morgan fingerprint density at radius 2 is 2.08 bits per heavy atom. The summed E-state index contributed by atoms with van der Waals surface area (Å²) in [5, 5.41) is 13.2. The first kappa shape index (κ1) is 18.1. The molecule has 9 heteroatoms. The van der Waals surface area contributed by atoms with Crippen LogP contribution in [0.3, 0.4) is 0 Å². The molecule has 1 aromatic rings. The summed E-state index contributed by atoms with van der Waals surface area (Å²) in [5.41, 5.74) is 0.631. The number of nitrogens with one attached hydrogen (secondary N) is 1. The lowest BCUT2D eigenvalue weighted by Gasteiger charge is -2.23.